The number of anilines is 1. The highest BCUT2D eigenvalue weighted by Gasteiger charge is 2.32. The summed E-state index contributed by atoms with van der Waals surface area (Å²) in [6, 6.07) is 19.4. The van der Waals surface area contributed by atoms with Gasteiger partial charge in [0.2, 0.25) is 11.8 Å². The number of aryl methyl sites for hydroxylation is 1. The van der Waals surface area contributed by atoms with Crippen LogP contribution in [-0.4, -0.2) is 44.3 Å². The number of nitrogens with one attached hydrogen (secondary N) is 1. The number of nitrogens with zero attached hydrogens (tertiary/aromatic N) is 2. The Balaban J connectivity index is 1.99. The Hall–Kier alpha value is -3.72. The Morgan fingerprint density at radius 2 is 1.57 bits per heavy atom. The molecule has 7 nitrogen and oxygen atoms in total. The Morgan fingerprint density at radius 1 is 0.946 bits per heavy atom. The van der Waals surface area contributed by atoms with Gasteiger partial charge >= 0.3 is 0 Å². The summed E-state index contributed by atoms with van der Waals surface area (Å²) in [5.74, 6) is -1.34. The fourth-order valence-electron chi connectivity index (χ4n) is 3.72. The SMILES string of the molecule is CCCNC(=O)C(C)N(Cc1ccc(F)cc1)C(=O)CN(c1ccc(C)cc1)S(=O)(=O)c1ccccc1. The standard InChI is InChI=1S/C28H32FN3O4S/c1-4-18-30-28(34)22(3)31(19-23-12-14-24(29)15-13-23)27(33)20-32(25-16-10-21(2)11-17-25)37(35,36)26-8-6-5-7-9-26/h5-17,22H,4,18-20H2,1-3H3,(H,30,34). The van der Waals surface area contributed by atoms with E-state index in [-0.39, 0.29) is 17.3 Å². The van der Waals surface area contributed by atoms with E-state index >= 15 is 0 Å². The zero-order valence-corrected chi connectivity index (χ0v) is 22.0. The van der Waals surface area contributed by atoms with Gasteiger partial charge < -0.3 is 10.2 Å². The van der Waals surface area contributed by atoms with Crippen LogP contribution >= 0.6 is 0 Å². The van der Waals surface area contributed by atoms with Gasteiger partial charge in [0.15, 0.2) is 0 Å². The third kappa shape index (κ3) is 7.16. The lowest BCUT2D eigenvalue weighted by atomic mass is 10.1. The van der Waals surface area contributed by atoms with Gasteiger partial charge in [0.25, 0.3) is 10.0 Å². The molecule has 0 aliphatic rings. The molecule has 0 fully saturated rings. The summed E-state index contributed by atoms with van der Waals surface area (Å²) in [5, 5.41) is 2.78. The average Bonchev–Trinajstić information content (AvgIpc) is 2.90. The van der Waals surface area contributed by atoms with Crippen molar-refractivity contribution in [3.8, 4) is 0 Å². The number of hydrogen-bond acceptors (Lipinski definition) is 4. The van der Waals surface area contributed by atoms with Crippen molar-refractivity contribution in [3.05, 3.63) is 95.8 Å². The molecule has 37 heavy (non-hydrogen) atoms. The fourth-order valence-corrected chi connectivity index (χ4v) is 5.16. The van der Waals surface area contributed by atoms with E-state index in [4.69, 9.17) is 0 Å². The fraction of sp³-hybridized carbons (Fsp3) is 0.286. The topological polar surface area (TPSA) is 86.8 Å². The summed E-state index contributed by atoms with van der Waals surface area (Å²) in [6.07, 6.45) is 0.723. The van der Waals surface area contributed by atoms with Gasteiger partial charge in [-0.05, 0) is 62.2 Å². The molecule has 0 radical (unpaired) electrons. The quantitative estimate of drug-likeness (QED) is 0.405. The van der Waals surface area contributed by atoms with Crippen molar-refractivity contribution in [1.29, 1.82) is 0 Å². The Kier molecular flexibility index (Phi) is 9.41. The number of sulfonamides is 1. The molecular formula is C28H32FN3O4S. The molecule has 9 heteroatoms. The highest BCUT2D eigenvalue weighted by molar-refractivity contribution is 7.92. The predicted molar refractivity (Wildman–Crippen MR) is 142 cm³/mol. The molecule has 1 atom stereocenters. The number of halogens is 1. The summed E-state index contributed by atoms with van der Waals surface area (Å²) in [5.41, 5.74) is 1.87. The van der Waals surface area contributed by atoms with Crippen molar-refractivity contribution in [2.24, 2.45) is 0 Å². The van der Waals surface area contributed by atoms with Crippen LogP contribution in [0.5, 0.6) is 0 Å². The molecule has 0 aliphatic heterocycles. The van der Waals surface area contributed by atoms with Crippen molar-refractivity contribution in [1.82, 2.24) is 10.2 Å². The van der Waals surface area contributed by atoms with E-state index < -0.39 is 34.3 Å². The largest absolute Gasteiger partial charge is 0.354 e. The molecule has 2 amide bonds. The summed E-state index contributed by atoms with van der Waals surface area (Å²) in [4.78, 5) is 27.9. The first-order valence-corrected chi connectivity index (χ1v) is 13.5. The van der Waals surface area contributed by atoms with Gasteiger partial charge in [0, 0.05) is 13.1 Å². The first-order valence-electron chi connectivity index (χ1n) is 12.1. The maximum Gasteiger partial charge on any atom is 0.264 e. The maximum absolute atomic E-state index is 13.7. The van der Waals surface area contributed by atoms with E-state index in [1.807, 2.05) is 13.8 Å². The van der Waals surface area contributed by atoms with Gasteiger partial charge in [-0.1, -0.05) is 55.0 Å². The zero-order chi connectivity index (χ0) is 27.0. The number of amides is 2. The molecule has 1 unspecified atom stereocenters. The molecule has 0 aliphatic carbocycles. The van der Waals surface area contributed by atoms with Crippen LogP contribution in [0.4, 0.5) is 10.1 Å². The van der Waals surface area contributed by atoms with Crippen LogP contribution < -0.4 is 9.62 Å². The molecule has 3 aromatic carbocycles. The second-order valence-corrected chi connectivity index (χ2v) is 10.6. The Labute approximate surface area is 218 Å². The molecule has 0 saturated carbocycles. The second kappa shape index (κ2) is 12.5. The van der Waals surface area contributed by atoms with Gasteiger partial charge in [0.1, 0.15) is 18.4 Å². The number of benzene rings is 3. The van der Waals surface area contributed by atoms with Crippen LogP contribution in [-0.2, 0) is 26.2 Å². The smallest absolute Gasteiger partial charge is 0.264 e. The highest BCUT2D eigenvalue weighted by Crippen LogP contribution is 2.25. The molecule has 0 saturated heterocycles. The number of hydrogen-bond donors (Lipinski definition) is 1. The summed E-state index contributed by atoms with van der Waals surface area (Å²) in [6.45, 7) is 5.32. The molecule has 0 aromatic heterocycles. The molecule has 3 rings (SSSR count). The van der Waals surface area contributed by atoms with Crippen molar-refractivity contribution in [2.75, 3.05) is 17.4 Å². The Bertz CT molecular complexity index is 1300. The molecule has 3 aromatic rings. The zero-order valence-electron chi connectivity index (χ0n) is 21.2. The predicted octanol–water partition coefficient (Wildman–Crippen LogP) is 4.27. The summed E-state index contributed by atoms with van der Waals surface area (Å²) < 4.78 is 41.8. The van der Waals surface area contributed by atoms with Gasteiger partial charge in [0.05, 0.1) is 10.6 Å². The molecular weight excluding hydrogens is 493 g/mol. The second-order valence-electron chi connectivity index (χ2n) is 8.78. The van der Waals surface area contributed by atoms with Crippen molar-refractivity contribution < 1.29 is 22.4 Å². The first kappa shape index (κ1) is 27.9. The van der Waals surface area contributed by atoms with E-state index in [2.05, 4.69) is 5.32 Å². The van der Waals surface area contributed by atoms with Crippen molar-refractivity contribution in [3.63, 3.8) is 0 Å². The third-order valence-electron chi connectivity index (χ3n) is 5.91. The lowest BCUT2D eigenvalue weighted by molar-refractivity contribution is -0.139. The van der Waals surface area contributed by atoms with E-state index in [1.54, 1.807) is 49.4 Å². The number of rotatable bonds is 11. The molecule has 0 bridgehead atoms. The molecule has 1 N–H and O–H groups in total. The van der Waals surface area contributed by atoms with Gasteiger partial charge in [-0.2, -0.15) is 0 Å². The van der Waals surface area contributed by atoms with Crippen molar-refractivity contribution in [2.45, 2.75) is 44.7 Å². The van der Waals surface area contributed by atoms with Crippen LogP contribution in [0.25, 0.3) is 0 Å². The highest BCUT2D eigenvalue weighted by atomic mass is 32.2. The molecule has 0 spiro atoms. The van der Waals surface area contributed by atoms with Gasteiger partial charge in [-0.3, -0.25) is 13.9 Å². The van der Waals surface area contributed by atoms with E-state index in [9.17, 15) is 22.4 Å². The summed E-state index contributed by atoms with van der Waals surface area (Å²) in [7, 11) is -4.10. The maximum atomic E-state index is 13.7. The monoisotopic (exact) mass is 525 g/mol. The summed E-state index contributed by atoms with van der Waals surface area (Å²) >= 11 is 0. The molecule has 0 heterocycles. The first-order chi connectivity index (χ1) is 17.6. The lowest BCUT2D eigenvalue weighted by Gasteiger charge is -2.32. The lowest BCUT2D eigenvalue weighted by Crippen LogP contribution is -2.51. The van der Waals surface area contributed by atoms with Crippen LogP contribution in [0.3, 0.4) is 0 Å². The van der Waals surface area contributed by atoms with Crippen LogP contribution in [0.2, 0.25) is 0 Å². The number of carbonyl (C=O) groups excluding carboxylic acids is 2. The van der Waals surface area contributed by atoms with Crippen LogP contribution in [0, 0.1) is 12.7 Å². The van der Waals surface area contributed by atoms with E-state index in [0.29, 0.717) is 17.8 Å². The molecule has 196 valence electrons. The van der Waals surface area contributed by atoms with Crippen LogP contribution in [0.1, 0.15) is 31.4 Å². The van der Waals surface area contributed by atoms with Gasteiger partial charge in [-0.15, -0.1) is 0 Å². The number of carbonyl (C=O) groups is 2. The Morgan fingerprint density at radius 3 is 2.16 bits per heavy atom. The van der Waals surface area contributed by atoms with Gasteiger partial charge in [-0.25, -0.2) is 12.8 Å². The third-order valence-corrected chi connectivity index (χ3v) is 7.70. The van der Waals surface area contributed by atoms with E-state index in [0.717, 1.165) is 16.3 Å². The van der Waals surface area contributed by atoms with Crippen LogP contribution in [0.15, 0.2) is 83.8 Å². The normalized spacial score (nSPS) is 12.0. The van der Waals surface area contributed by atoms with Crippen molar-refractivity contribution >= 4 is 27.5 Å². The average molecular weight is 526 g/mol. The minimum absolute atomic E-state index is 0.00689. The van der Waals surface area contributed by atoms with E-state index in [1.165, 1.54) is 41.3 Å². The minimum atomic E-state index is -4.10. The minimum Gasteiger partial charge on any atom is -0.354 e.